The van der Waals surface area contributed by atoms with E-state index in [1.165, 1.54) is 0 Å². The molecule has 0 bridgehead atoms. The highest BCUT2D eigenvalue weighted by molar-refractivity contribution is 5.78. The number of rotatable bonds is 6. The van der Waals surface area contributed by atoms with E-state index in [0.717, 1.165) is 38.9 Å². The van der Waals surface area contributed by atoms with Gasteiger partial charge in [0, 0.05) is 18.9 Å². The monoisotopic (exact) mass is 208 g/mol. The van der Waals surface area contributed by atoms with Crippen molar-refractivity contribution in [1.29, 1.82) is 0 Å². The second-order valence-electron chi connectivity index (χ2n) is 4.16. The lowest BCUT2D eigenvalue weighted by atomic mass is 9.88. The Hall–Kier alpha value is -1.01. The summed E-state index contributed by atoms with van der Waals surface area (Å²) in [6, 6.07) is 0. The fraction of sp³-hybridized carbons (Fsp3) is 0.750. The predicted octanol–water partition coefficient (Wildman–Crippen LogP) is 0.762. The van der Waals surface area contributed by atoms with Crippen LogP contribution in [0.2, 0.25) is 0 Å². The minimum atomic E-state index is 0.138. The van der Waals surface area contributed by atoms with E-state index in [-0.39, 0.29) is 11.8 Å². The Morgan fingerprint density at radius 2 is 2.33 bits per heavy atom. The highest BCUT2D eigenvalue weighted by Gasteiger charge is 2.28. The van der Waals surface area contributed by atoms with Crippen LogP contribution in [0.15, 0.2) is 0 Å². The molecule has 1 rings (SSSR count). The van der Waals surface area contributed by atoms with Crippen molar-refractivity contribution < 1.29 is 4.79 Å². The molecule has 0 aromatic rings. The van der Waals surface area contributed by atoms with Gasteiger partial charge in [-0.1, -0.05) is 6.92 Å². The zero-order valence-corrected chi connectivity index (χ0v) is 9.38. The normalized spacial score (nSPS) is 17.6. The van der Waals surface area contributed by atoms with Gasteiger partial charge >= 0.3 is 0 Å². The molecule has 2 N–H and O–H groups in total. The van der Waals surface area contributed by atoms with Gasteiger partial charge in [0.25, 0.3) is 0 Å². The van der Waals surface area contributed by atoms with Gasteiger partial charge in [-0.2, -0.15) is 0 Å². The van der Waals surface area contributed by atoms with Crippen molar-refractivity contribution in [2.75, 3.05) is 19.6 Å². The van der Waals surface area contributed by atoms with Crippen LogP contribution in [0.3, 0.4) is 0 Å². The highest BCUT2D eigenvalue weighted by atomic mass is 16.1. The zero-order valence-electron chi connectivity index (χ0n) is 9.38. The summed E-state index contributed by atoms with van der Waals surface area (Å²) in [4.78, 5) is 11.6. The first kappa shape index (κ1) is 12.1. The van der Waals surface area contributed by atoms with Crippen LogP contribution in [0.25, 0.3) is 0 Å². The Morgan fingerprint density at radius 3 is 2.87 bits per heavy atom. The van der Waals surface area contributed by atoms with Gasteiger partial charge in [-0.3, -0.25) is 4.79 Å². The van der Waals surface area contributed by atoms with Crippen molar-refractivity contribution in [1.82, 2.24) is 10.6 Å². The first-order valence-corrected chi connectivity index (χ1v) is 5.67. The number of unbranched alkanes of at least 4 members (excludes halogenated alkanes) is 2. The third-order valence-corrected chi connectivity index (χ3v) is 2.98. The summed E-state index contributed by atoms with van der Waals surface area (Å²) in [7, 11) is 0. The summed E-state index contributed by atoms with van der Waals surface area (Å²) in [5.74, 6) is 3.44. The van der Waals surface area contributed by atoms with Gasteiger partial charge in [-0.05, 0) is 31.8 Å². The quantitative estimate of drug-likeness (QED) is 0.500. The number of nitrogens with one attached hydrogen (secondary N) is 2. The third-order valence-electron chi connectivity index (χ3n) is 2.98. The summed E-state index contributed by atoms with van der Waals surface area (Å²) in [5, 5.41) is 6.13. The average Bonchev–Trinajstić information content (AvgIpc) is 2.14. The molecule has 0 saturated carbocycles. The van der Waals surface area contributed by atoms with Gasteiger partial charge in [0.05, 0.1) is 0 Å². The minimum absolute atomic E-state index is 0.138. The molecular weight excluding hydrogens is 188 g/mol. The summed E-state index contributed by atoms with van der Waals surface area (Å²) in [5.41, 5.74) is 0. The maximum absolute atomic E-state index is 11.6. The number of amides is 1. The second-order valence-corrected chi connectivity index (χ2v) is 4.16. The lowest BCUT2D eigenvalue weighted by Crippen LogP contribution is -2.49. The largest absolute Gasteiger partial charge is 0.356 e. The second kappa shape index (κ2) is 6.47. The molecule has 1 fully saturated rings. The van der Waals surface area contributed by atoms with Crippen LogP contribution in [0.4, 0.5) is 0 Å². The molecule has 0 spiro atoms. The summed E-state index contributed by atoms with van der Waals surface area (Å²) >= 11 is 0. The minimum Gasteiger partial charge on any atom is -0.356 e. The molecule has 1 aliphatic rings. The summed E-state index contributed by atoms with van der Waals surface area (Å²) in [6.07, 6.45) is 7.92. The first-order chi connectivity index (χ1) is 7.25. The fourth-order valence-electron chi connectivity index (χ4n) is 1.60. The van der Waals surface area contributed by atoms with Gasteiger partial charge in [-0.25, -0.2) is 0 Å². The summed E-state index contributed by atoms with van der Waals surface area (Å²) < 4.78 is 0. The van der Waals surface area contributed by atoms with E-state index >= 15 is 0 Å². The molecular formula is C12H20N2O. The molecule has 1 aliphatic heterocycles. The van der Waals surface area contributed by atoms with Gasteiger partial charge in [0.2, 0.25) is 5.91 Å². The molecule has 3 heteroatoms. The average molecular weight is 208 g/mol. The van der Waals surface area contributed by atoms with E-state index in [1.54, 1.807) is 0 Å². The van der Waals surface area contributed by atoms with Crippen LogP contribution in [0.1, 0.15) is 26.2 Å². The van der Waals surface area contributed by atoms with Crippen molar-refractivity contribution >= 4 is 5.91 Å². The number of hydrogen-bond acceptors (Lipinski definition) is 2. The molecule has 1 amide bonds. The van der Waals surface area contributed by atoms with Gasteiger partial charge in [-0.15, -0.1) is 12.3 Å². The van der Waals surface area contributed by atoms with Crippen LogP contribution >= 0.6 is 0 Å². The van der Waals surface area contributed by atoms with E-state index in [0.29, 0.717) is 5.92 Å². The molecule has 0 aliphatic carbocycles. The Bertz CT molecular complexity index is 240. The third kappa shape index (κ3) is 3.93. The van der Waals surface area contributed by atoms with Crippen molar-refractivity contribution in [2.24, 2.45) is 11.8 Å². The lowest BCUT2D eigenvalue weighted by molar-refractivity contribution is -0.126. The van der Waals surface area contributed by atoms with Crippen molar-refractivity contribution in [3.63, 3.8) is 0 Å². The lowest BCUT2D eigenvalue weighted by Gasteiger charge is -2.31. The van der Waals surface area contributed by atoms with Crippen LogP contribution in [-0.4, -0.2) is 25.5 Å². The van der Waals surface area contributed by atoms with Crippen LogP contribution < -0.4 is 10.6 Å². The molecule has 0 radical (unpaired) electrons. The maximum Gasteiger partial charge on any atom is 0.223 e. The van der Waals surface area contributed by atoms with Crippen molar-refractivity contribution in [2.45, 2.75) is 26.2 Å². The Labute approximate surface area is 92.0 Å². The Balaban J connectivity index is 2.05. The molecule has 0 aromatic carbocycles. The number of carbonyl (C=O) groups excluding carboxylic acids is 1. The number of carbonyl (C=O) groups is 1. The van der Waals surface area contributed by atoms with E-state index in [1.807, 2.05) is 6.92 Å². The van der Waals surface area contributed by atoms with E-state index in [4.69, 9.17) is 6.42 Å². The molecule has 0 aromatic heterocycles. The van der Waals surface area contributed by atoms with Crippen LogP contribution in [0, 0.1) is 24.2 Å². The maximum atomic E-state index is 11.6. The SMILES string of the molecule is C#CCCCCNC(=O)C(C)C1CNC1. The topological polar surface area (TPSA) is 41.1 Å². The zero-order chi connectivity index (χ0) is 11.1. The number of terminal acetylenes is 1. The fourth-order valence-corrected chi connectivity index (χ4v) is 1.60. The standard InChI is InChI=1S/C12H20N2O/c1-3-4-5-6-7-14-12(15)10(2)11-8-13-9-11/h1,10-11,13H,4-9H2,2H3,(H,14,15). The molecule has 1 unspecified atom stereocenters. The first-order valence-electron chi connectivity index (χ1n) is 5.67. The molecule has 15 heavy (non-hydrogen) atoms. The van der Waals surface area contributed by atoms with E-state index in [9.17, 15) is 4.79 Å². The highest BCUT2D eigenvalue weighted by Crippen LogP contribution is 2.15. The van der Waals surface area contributed by atoms with Crippen LogP contribution in [0.5, 0.6) is 0 Å². The van der Waals surface area contributed by atoms with E-state index < -0.39 is 0 Å². The molecule has 84 valence electrons. The Morgan fingerprint density at radius 1 is 1.60 bits per heavy atom. The van der Waals surface area contributed by atoms with Crippen molar-refractivity contribution in [3.05, 3.63) is 0 Å². The molecule has 1 saturated heterocycles. The molecule has 1 atom stereocenters. The predicted molar refractivity (Wildman–Crippen MR) is 61.2 cm³/mol. The van der Waals surface area contributed by atoms with Gasteiger partial charge in [0.15, 0.2) is 0 Å². The van der Waals surface area contributed by atoms with Gasteiger partial charge < -0.3 is 10.6 Å². The van der Waals surface area contributed by atoms with Gasteiger partial charge in [0.1, 0.15) is 0 Å². The number of hydrogen-bond donors (Lipinski definition) is 2. The van der Waals surface area contributed by atoms with Crippen LogP contribution in [-0.2, 0) is 4.79 Å². The molecule has 3 nitrogen and oxygen atoms in total. The summed E-state index contributed by atoms with van der Waals surface area (Å²) in [6.45, 7) is 4.71. The Kier molecular flexibility index (Phi) is 5.20. The molecule has 1 heterocycles. The van der Waals surface area contributed by atoms with Crippen molar-refractivity contribution in [3.8, 4) is 12.3 Å². The van der Waals surface area contributed by atoms with E-state index in [2.05, 4.69) is 16.6 Å². The smallest absolute Gasteiger partial charge is 0.223 e.